The number of ether oxygens (including phenoxy) is 1. The van der Waals surface area contributed by atoms with Crippen molar-refractivity contribution < 1.29 is 9.53 Å². The highest BCUT2D eigenvalue weighted by molar-refractivity contribution is 8.00. The molecule has 0 spiro atoms. The van der Waals surface area contributed by atoms with E-state index >= 15 is 0 Å². The second-order valence-electron chi connectivity index (χ2n) is 4.66. The fourth-order valence-electron chi connectivity index (χ4n) is 2.18. The molecule has 18 heavy (non-hydrogen) atoms. The predicted octanol–water partition coefficient (Wildman–Crippen LogP) is 3.09. The van der Waals surface area contributed by atoms with Gasteiger partial charge in [0, 0.05) is 17.0 Å². The Labute approximate surface area is 112 Å². The van der Waals surface area contributed by atoms with Gasteiger partial charge >= 0.3 is 5.97 Å². The van der Waals surface area contributed by atoms with E-state index in [1.807, 2.05) is 36.9 Å². The SMILES string of the molecule is COC(=O)c1cc(C)ccc1NC1CCSC1C. The number of esters is 1. The Balaban J connectivity index is 2.23. The Kier molecular flexibility index (Phi) is 4.17. The van der Waals surface area contributed by atoms with E-state index in [4.69, 9.17) is 4.74 Å². The van der Waals surface area contributed by atoms with Gasteiger partial charge in [0.15, 0.2) is 0 Å². The maximum atomic E-state index is 11.8. The number of nitrogens with one attached hydrogen (secondary N) is 1. The molecule has 2 unspecified atom stereocenters. The van der Waals surface area contributed by atoms with Crippen molar-refractivity contribution in [2.45, 2.75) is 31.6 Å². The second kappa shape index (κ2) is 5.65. The average molecular weight is 265 g/mol. The number of anilines is 1. The highest BCUT2D eigenvalue weighted by Crippen LogP contribution is 2.30. The van der Waals surface area contributed by atoms with E-state index in [0.717, 1.165) is 17.7 Å². The van der Waals surface area contributed by atoms with E-state index in [2.05, 4.69) is 12.2 Å². The standard InChI is InChI=1S/C14H19NO2S/c1-9-4-5-13(11(8-9)14(16)17-3)15-12-6-7-18-10(12)2/h4-5,8,10,12,15H,6-7H2,1-3H3. The summed E-state index contributed by atoms with van der Waals surface area (Å²) in [6.45, 7) is 4.20. The second-order valence-corrected chi connectivity index (χ2v) is 6.14. The zero-order valence-electron chi connectivity index (χ0n) is 11.0. The Hall–Kier alpha value is -1.16. The van der Waals surface area contributed by atoms with Crippen LogP contribution in [0.1, 0.15) is 29.3 Å². The quantitative estimate of drug-likeness (QED) is 0.852. The molecule has 1 aliphatic heterocycles. The summed E-state index contributed by atoms with van der Waals surface area (Å²) in [5, 5.41) is 4.06. The molecule has 0 radical (unpaired) electrons. The molecule has 4 heteroatoms. The molecule has 98 valence electrons. The normalized spacial score (nSPS) is 22.8. The van der Waals surface area contributed by atoms with Crippen molar-refractivity contribution in [2.75, 3.05) is 18.2 Å². The summed E-state index contributed by atoms with van der Waals surface area (Å²) >= 11 is 1.97. The summed E-state index contributed by atoms with van der Waals surface area (Å²) in [6, 6.07) is 6.29. The van der Waals surface area contributed by atoms with Crippen LogP contribution < -0.4 is 5.32 Å². The van der Waals surface area contributed by atoms with E-state index in [1.165, 1.54) is 12.9 Å². The molecule has 0 aliphatic carbocycles. The molecular weight excluding hydrogens is 246 g/mol. The lowest BCUT2D eigenvalue weighted by atomic mass is 10.1. The Morgan fingerprint density at radius 1 is 1.50 bits per heavy atom. The Bertz CT molecular complexity index is 447. The number of thioether (sulfide) groups is 1. The zero-order chi connectivity index (χ0) is 13.1. The highest BCUT2D eigenvalue weighted by atomic mass is 32.2. The molecular formula is C14H19NO2S. The molecule has 1 saturated heterocycles. The van der Waals surface area contributed by atoms with E-state index in [-0.39, 0.29) is 5.97 Å². The first-order valence-electron chi connectivity index (χ1n) is 6.19. The van der Waals surface area contributed by atoms with Crippen molar-refractivity contribution in [1.29, 1.82) is 0 Å². The summed E-state index contributed by atoms with van der Waals surface area (Å²) in [6.07, 6.45) is 1.14. The molecule has 0 saturated carbocycles. The molecule has 1 aromatic carbocycles. The van der Waals surface area contributed by atoms with Gasteiger partial charge in [0.25, 0.3) is 0 Å². The van der Waals surface area contributed by atoms with Crippen LogP contribution in [0.2, 0.25) is 0 Å². The first-order chi connectivity index (χ1) is 8.61. The zero-order valence-corrected chi connectivity index (χ0v) is 11.8. The van der Waals surface area contributed by atoms with Crippen molar-refractivity contribution in [3.63, 3.8) is 0 Å². The molecule has 1 heterocycles. The summed E-state index contributed by atoms with van der Waals surface area (Å²) in [5.41, 5.74) is 2.57. The van der Waals surface area contributed by atoms with Crippen LogP contribution in [-0.4, -0.2) is 30.1 Å². The predicted molar refractivity (Wildman–Crippen MR) is 76.5 cm³/mol. The number of benzene rings is 1. The van der Waals surface area contributed by atoms with Gasteiger partial charge in [-0.2, -0.15) is 11.8 Å². The van der Waals surface area contributed by atoms with Gasteiger partial charge in [-0.05, 0) is 31.2 Å². The fraction of sp³-hybridized carbons (Fsp3) is 0.500. The minimum Gasteiger partial charge on any atom is -0.465 e. The Morgan fingerprint density at radius 2 is 2.28 bits per heavy atom. The van der Waals surface area contributed by atoms with Gasteiger partial charge in [-0.15, -0.1) is 0 Å². The average Bonchev–Trinajstić information content (AvgIpc) is 2.76. The number of carbonyl (C=O) groups is 1. The topological polar surface area (TPSA) is 38.3 Å². The summed E-state index contributed by atoms with van der Waals surface area (Å²) in [5.74, 6) is 0.901. The van der Waals surface area contributed by atoms with E-state index in [0.29, 0.717) is 16.9 Å². The minimum absolute atomic E-state index is 0.278. The third kappa shape index (κ3) is 2.80. The van der Waals surface area contributed by atoms with Crippen molar-refractivity contribution in [3.8, 4) is 0 Å². The largest absolute Gasteiger partial charge is 0.465 e. The summed E-state index contributed by atoms with van der Waals surface area (Å²) < 4.78 is 4.84. The van der Waals surface area contributed by atoms with Gasteiger partial charge in [-0.3, -0.25) is 0 Å². The molecule has 2 atom stereocenters. The van der Waals surface area contributed by atoms with Crippen molar-refractivity contribution in [1.82, 2.24) is 0 Å². The van der Waals surface area contributed by atoms with Gasteiger partial charge in [-0.1, -0.05) is 18.6 Å². The number of carbonyl (C=O) groups excluding carboxylic acids is 1. The summed E-state index contributed by atoms with van der Waals surface area (Å²) in [4.78, 5) is 11.8. The molecule has 2 rings (SSSR count). The fourth-order valence-corrected chi connectivity index (χ4v) is 3.38. The smallest absolute Gasteiger partial charge is 0.339 e. The molecule has 0 aromatic heterocycles. The van der Waals surface area contributed by atoms with Crippen LogP contribution in [0.5, 0.6) is 0 Å². The van der Waals surface area contributed by atoms with E-state index < -0.39 is 0 Å². The van der Waals surface area contributed by atoms with Crippen LogP contribution in [-0.2, 0) is 4.74 Å². The van der Waals surface area contributed by atoms with Crippen LogP contribution in [0.15, 0.2) is 18.2 Å². The molecule has 1 aromatic rings. The molecule has 0 bridgehead atoms. The van der Waals surface area contributed by atoms with Crippen LogP contribution >= 0.6 is 11.8 Å². The lowest BCUT2D eigenvalue weighted by Gasteiger charge is -2.20. The van der Waals surface area contributed by atoms with Gasteiger partial charge < -0.3 is 10.1 Å². The maximum Gasteiger partial charge on any atom is 0.339 e. The van der Waals surface area contributed by atoms with Crippen LogP contribution in [0.4, 0.5) is 5.69 Å². The lowest BCUT2D eigenvalue weighted by molar-refractivity contribution is 0.0601. The molecule has 3 nitrogen and oxygen atoms in total. The van der Waals surface area contributed by atoms with Gasteiger partial charge in [0.2, 0.25) is 0 Å². The van der Waals surface area contributed by atoms with Gasteiger partial charge in [-0.25, -0.2) is 4.79 Å². The first-order valence-corrected chi connectivity index (χ1v) is 7.24. The van der Waals surface area contributed by atoms with Crippen molar-refractivity contribution in [3.05, 3.63) is 29.3 Å². The summed E-state index contributed by atoms with van der Waals surface area (Å²) in [7, 11) is 1.42. The monoisotopic (exact) mass is 265 g/mol. The van der Waals surface area contributed by atoms with Crippen LogP contribution in [0.25, 0.3) is 0 Å². The van der Waals surface area contributed by atoms with E-state index in [1.54, 1.807) is 0 Å². The number of hydrogen-bond donors (Lipinski definition) is 1. The molecule has 1 N–H and O–H groups in total. The molecule has 1 aliphatic rings. The number of hydrogen-bond acceptors (Lipinski definition) is 4. The maximum absolute atomic E-state index is 11.8. The number of aryl methyl sites for hydroxylation is 1. The number of methoxy groups -OCH3 is 1. The van der Waals surface area contributed by atoms with E-state index in [9.17, 15) is 4.79 Å². The number of rotatable bonds is 3. The first kappa shape index (κ1) is 13.3. The van der Waals surface area contributed by atoms with Crippen LogP contribution in [0.3, 0.4) is 0 Å². The lowest BCUT2D eigenvalue weighted by Crippen LogP contribution is -2.26. The van der Waals surface area contributed by atoms with Crippen LogP contribution in [0, 0.1) is 6.92 Å². The van der Waals surface area contributed by atoms with Crippen molar-refractivity contribution >= 4 is 23.4 Å². The molecule has 1 fully saturated rings. The third-order valence-corrected chi connectivity index (χ3v) is 4.62. The third-order valence-electron chi connectivity index (χ3n) is 3.30. The van der Waals surface area contributed by atoms with Gasteiger partial charge in [0.05, 0.1) is 12.7 Å². The van der Waals surface area contributed by atoms with Crippen molar-refractivity contribution in [2.24, 2.45) is 0 Å². The Morgan fingerprint density at radius 3 is 2.89 bits per heavy atom. The highest BCUT2D eigenvalue weighted by Gasteiger charge is 2.25. The molecule has 0 amide bonds. The van der Waals surface area contributed by atoms with Gasteiger partial charge in [0.1, 0.15) is 0 Å². The minimum atomic E-state index is -0.278.